The van der Waals surface area contributed by atoms with Gasteiger partial charge >= 0.3 is 0 Å². The summed E-state index contributed by atoms with van der Waals surface area (Å²) in [4.78, 5) is 21.7. The van der Waals surface area contributed by atoms with Gasteiger partial charge in [-0.05, 0) is 12.3 Å². The summed E-state index contributed by atoms with van der Waals surface area (Å²) in [5.41, 5.74) is 5.09. The maximum absolute atomic E-state index is 11.1. The number of amides is 1. The molecular formula is C9H18N2O3. The second-order valence-electron chi connectivity index (χ2n) is 3.63. The number of aldehydes is 1. The Balaban J connectivity index is 4.04. The van der Waals surface area contributed by atoms with E-state index in [0.717, 1.165) is 0 Å². The van der Waals surface area contributed by atoms with E-state index in [-0.39, 0.29) is 6.54 Å². The van der Waals surface area contributed by atoms with E-state index in [0.29, 0.717) is 18.6 Å². The second-order valence-corrected chi connectivity index (χ2v) is 3.63. The van der Waals surface area contributed by atoms with Gasteiger partial charge < -0.3 is 21.0 Å². The van der Waals surface area contributed by atoms with Crippen molar-refractivity contribution in [2.24, 2.45) is 11.7 Å². The normalized spacial score (nSPS) is 14.9. The minimum Gasteiger partial charge on any atom is -0.382 e. The average Bonchev–Trinajstić information content (AvgIpc) is 2.14. The number of aliphatic hydroxyl groups excluding tert-OH is 1. The summed E-state index contributed by atoms with van der Waals surface area (Å²) in [6.45, 7) is 3.75. The van der Waals surface area contributed by atoms with E-state index in [2.05, 4.69) is 5.32 Å². The highest BCUT2D eigenvalue weighted by Crippen LogP contribution is 2.02. The predicted molar refractivity (Wildman–Crippen MR) is 52.5 cm³/mol. The van der Waals surface area contributed by atoms with E-state index in [4.69, 9.17) is 10.8 Å². The molecule has 82 valence electrons. The second kappa shape index (κ2) is 6.50. The van der Waals surface area contributed by atoms with Gasteiger partial charge in [0.1, 0.15) is 12.4 Å². The van der Waals surface area contributed by atoms with Crippen LogP contribution in [0.5, 0.6) is 0 Å². The van der Waals surface area contributed by atoms with Gasteiger partial charge in [0.2, 0.25) is 0 Å². The largest absolute Gasteiger partial charge is 0.382 e. The van der Waals surface area contributed by atoms with E-state index in [1.54, 1.807) is 0 Å². The number of hydrogen-bond donors (Lipinski definition) is 3. The summed E-state index contributed by atoms with van der Waals surface area (Å²) >= 11 is 0. The van der Waals surface area contributed by atoms with Crippen LogP contribution >= 0.6 is 0 Å². The van der Waals surface area contributed by atoms with E-state index < -0.39 is 18.1 Å². The molecular weight excluding hydrogens is 184 g/mol. The molecule has 0 rings (SSSR count). The van der Waals surface area contributed by atoms with Crippen LogP contribution in [0.4, 0.5) is 0 Å². The van der Waals surface area contributed by atoms with Gasteiger partial charge in [-0.25, -0.2) is 0 Å². The van der Waals surface area contributed by atoms with E-state index >= 15 is 0 Å². The molecule has 14 heavy (non-hydrogen) atoms. The van der Waals surface area contributed by atoms with Crippen molar-refractivity contribution in [2.75, 3.05) is 6.54 Å². The first kappa shape index (κ1) is 13.1. The molecule has 5 nitrogen and oxygen atoms in total. The number of carbonyl (C=O) groups is 2. The van der Waals surface area contributed by atoms with Gasteiger partial charge in [0, 0.05) is 6.54 Å². The molecule has 2 unspecified atom stereocenters. The van der Waals surface area contributed by atoms with Gasteiger partial charge in [0.05, 0.1) is 6.04 Å². The number of rotatable bonds is 6. The average molecular weight is 202 g/mol. The minimum absolute atomic E-state index is 0.140. The maximum Gasteiger partial charge on any atom is 0.250 e. The van der Waals surface area contributed by atoms with Crippen LogP contribution in [0, 0.1) is 5.92 Å². The molecule has 0 fully saturated rings. The Bertz CT molecular complexity index is 194. The van der Waals surface area contributed by atoms with Gasteiger partial charge in [-0.2, -0.15) is 0 Å². The van der Waals surface area contributed by atoms with E-state index in [1.165, 1.54) is 0 Å². The summed E-state index contributed by atoms with van der Waals surface area (Å²) < 4.78 is 0. The maximum atomic E-state index is 11.1. The molecule has 0 radical (unpaired) electrons. The van der Waals surface area contributed by atoms with Crippen molar-refractivity contribution in [1.82, 2.24) is 5.32 Å². The minimum atomic E-state index is -1.23. The number of aliphatic hydroxyl groups is 1. The number of nitrogens with one attached hydrogen (secondary N) is 1. The molecule has 0 spiro atoms. The third kappa shape index (κ3) is 4.94. The molecule has 0 aliphatic rings. The molecule has 0 bridgehead atoms. The van der Waals surface area contributed by atoms with Crippen LogP contribution in [0.25, 0.3) is 0 Å². The van der Waals surface area contributed by atoms with Gasteiger partial charge in [-0.15, -0.1) is 0 Å². The molecule has 0 saturated carbocycles. The van der Waals surface area contributed by atoms with Crippen molar-refractivity contribution in [1.29, 1.82) is 0 Å². The Morgan fingerprint density at radius 3 is 2.50 bits per heavy atom. The summed E-state index contributed by atoms with van der Waals surface area (Å²) in [7, 11) is 0. The Morgan fingerprint density at radius 2 is 2.14 bits per heavy atom. The lowest BCUT2D eigenvalue weighted by Gasteiger charge is -2.16. The SMILES string of the molecule is CC(C)CC(C=O)NC(=O)C(O)CN. The topological polar surface area (TPSA) is 92.4 Å². The smallest absolute Gasteiger partial charge is 0.250 e. The zero-order valence-electron chi connectivity index (χ0n) is 8.56. The van der Waals surface area contributed by atoms with Crippen LogP contribution in [-0.2, 0) is 9.59 Å². The fourth-order valence-corrected chi connectivity index (χ4v) is 1.04. The van der Waals surface area contributed by atoms with Crippen molar-refractivity contribution in [2.45, 2.75) is 32.4 Å². The zero-order chi connectivity index (χ0) is 11.1. The van der Waals surface area contributed by atoms with Crippen molar-refractivity contribution >= 4 is 12.2 Å². The Kier molecular flexibility index (Phi) is 6.07. The van der Waals surface area contributed by atoms with Crippen molar-refractivity contribution in [3.63, 3.8) is 0 Å². The van der Waals surface area contributed by atoms with Crippen LogP contribution < -0.4 is 11.1 Å². The first-order valence-corrected chi connectivity index (χ1v) is 4.65. The van der Waals surface area contributed by atoms with Gasteiger partial charge in [0.15, 0.2) is 0 Å². The number of carbonyl (C=O) groups excluding carboxylic acids is 2. The molecule has 0 aromatic heterocycles. The van der Waals surface area contributed by atoms with Crippen LogP contribution in [0.3, 0.4) is 0 Å². The fourth-order valence-electron chi connectivity index (χ4n) is 1.04. The fraction of sp³-hybridized carbons (Fsp3) is 0.778. The molecule has 0 aliphatic heterocycles. The van der Waals surface area contributed by atoms with E-state index in [9.17, 15) is 9.59 Å². The standard InChI is InChI=1S/C9H18N2O3/c1-6(2)3-7(5-12)11-9(14)8(13)4-10/h5-8,13H,3-4,10H2,1-2H3,(H,11,14). The highest BCUT2D eigenvalue weighted by atomic mass is 16.3. The molecule has 5 heteroatoms. The first-order chi connectivity index (χ1) is 6.51. The molecule has 0 aliphatic carbocycles. The van der Waals surface area contributed by atoms with Crippen LogP contribution in [0.2, 0.25) is 0 Å². The molecule has 0 aromatic rings. The molecule has 0 heterocycles. The lowest BCUT2D eigenvalue weighted by Crippen LogP contribution is -2.45. The van der Waals surface area contributed by atoms with Crippen molar-refractivity contribution in [3.8, 4) is 0 Å². The summed E-state index contributed by atoms with van der Waals surface area (Å²) in [6.07, 6.45) is -0.00201. The van der Waals surface area contributed by atoms with Crippen molar-refractivity contribution in [3.05, 3.63) is 0 Å². The first-order valence-electron chi connectivity index (χ1n) is 4.65. The third-order valence-corrected chi connectivity index (χ3v) is 1.74. The zero-order valence-corrected chi connectivity index (χ0v) is 8.56. The molecule has 4 N–H and O–H groups in total. The monoisotopic (exact) mass is 202 g/mol. The third-order valence-electron chi connectivity index (χ3n) is 1.74. The lowest BCUT2D eigenvalue weighted by atomic mass is 10.0. The van der Waals surface area contributed by atoms with Crippen LogP contribution in [0.1, 0.15) is 20.3 Å². The predicted octanol–water partition coefficient (Wildman–Crippen LogP) is -0.964. The highest BCUT2D eigenvalue weighted by molar-refractivity contribution is 5.83. The Labute approximate surface area is 83.7 Å². The lowest BCUT2D eigenvalue weighted by molar-refractivity contribution is -0.131. The van der Waals surface area contributed by atoms with Gasteiger partial charge in [-0.3, -0.25) is 4.79 Å². The number of hydrogen-bond acceptors (Lipinski definition) is 4. The Morgan fingerprint density at radius 1 is 1.57 bits per heavy atom. The quantitative estimate of drug-likeness (QED) is 0.483. The Hall–Kier alpha value is -0.940. The van der Waals surface area contributed by atoms with Gasteiger partial charge in [0.25, 0.3) is 5.91 Å². The van der Waals surface area contributed by atoms with Crippen LogP contribution in [0.15, 0.2) is 0 Å². The summed E-state index contributed by atoms with van der Waals surface area (Å²) in [6, 6.07) is -0.538. The molecule has 2 atom stereocenters. The molecule has 0 saturated heterocycles. The van der Waals surface area contributed by atoms with E-state index in [1.807, 2.05) is 13.8 Å². The summed E-state index contributed by atoms with van der Waals surface area (Å²) in [5, 5.41) is 11.5. The molecule has 1 amide bonds. The highest BCUT2D eigenvalue weighted by Gasteiger charge is 2.17. The van der Waals surface area contributed by atoms with Gasteiger partial charge in [-0.1, -0.05) is 13.8 Å². The van der Waals surface area contributed by atoms with Crippen LogP contribution in [-0.4, -0.2) is 36.0 Å². The number of nitrogens with two attached hydrogens (primary N) is 1. The summed E-state index contributed by atoms with van der Waals surface area (Å²) in [5.74, 6) is -0.286. The van der Waals surface area contributed by atoms with Crippen molar-refractivity contribution < 1.29 is 14.7 Å². The molecule has 0 aromatic carbocycles.